The number of nitrogens with zero attached hydrogens (tertiary/aromatic N) is 3. The van der Waals surface area contributed by atoms with Gasteiger partial charge in [0.15, 0.2) is 5.82 Å². The summed E-state index contributed by atoms with van der Waals surface area (Å²) in [4.78, 5) is 7.17. The highest BCUT2D eigenvalue weighted by molar-refractivity contribution is 5.64. The number of unbranched alkanes of at least 4 members (excludes halogenated alkanes) is 8. The summed E-state index contributed by atoms with van der Waals surface area (Å²) in [6, 6.07) is 28.0. The van der Waals surface area contributed by atoms with Crippen LogP contribution in [0, 0.1) is 0 Å². The van der Waals surface area contributed by atoms with Crippen molar-refractivity contribution in [3.05, 3.63) is 95.8 Å². The lowest BCUT2D eigenvalue weighted by molar-refractivity contribution is 0.271. The number of benzene rings is 3. The summed E-state index contributed by atoms with van der Waals surface area (Å²) in [5, 5.41) is 4.26. The van der Waals surface area contributed by atoms with E-state index in [9.17, 15) is 0 Å². The number of hydrogen-bond acceptors (Lipinski definition) is 4. The van der Waals surface area contributed by atoms with Gasteiger partial charge in [0.1, 0.15) is 0 Å². The van der Waals surface area contributed by atoms with Crippen LogP contribution in [0.2, 0.25) is 0 Å². The second-order valence-corrected chi connectivity index (χ2v) is 10.7. The topological polar surface area (TPSA) is 42.2 Å². The van der Waals surface area contributed by atoms with E-state index in [1.54, 1.807) is 0 Å². The second kappa shape index (κ2) is 16.0. The smallest absolute Gasteiger partial charge is 0.257 e. The van der Waals surface area contributed by atoms with Crippen LogP contribution >= 0.6 is 0 Å². The molecule has 0 unspecified atom stereocenters. The third-order valence-corrected chi connectivity index (χ3v) is 7.44. The third kappa shape index (κ3) is 9.47. The highest BCUT2D eigenvalue weighted by atomic mass is 16.5. The minimum Gasteiger partial charge on any atom is -0.334 e. The van der Waals surface area contributed by atoms with Crippen LogP contribution in [0.1, 0.15) is 88.6 Å². The fourth-order valence-electron chi connectivity index (χ4n) is 5.15. The predicted molar refractivity (Wildman–Crippen MR) is 162 cm³/mol. The Balaban J connectivity index is 1.27. The number of rotatable bonds is 17. The minimum absolute atomic E-state index is 0.626. The van der Waals surface area contributed by atoms with Crippen molar-refractivity contribution in [1.29, 1.82) is 0 Å². The first kappa shape index (κ1) is 28.8. The normalized spacial score (nSPS) is 11.4. The zero-order chi connectivity index (χ0) is 27.1. The lowest BCUT2D eigenvalue weighted by Gasteiger charge is -2.21. The van der Waals surface area contributed by atoms with Crippen molar-refractivity contribution in [2.24, 2.45) is 0 Å². The fraction of sp³-hybridized carbons (Fsp3) is 0.429. The zero-order valence-electron chi connectivity index (χ0n) is 23.9. The van der Waals surface area contributed by atoms with Gasteiger partial charge in [-0.1, -0.05) is 131 Å². The van der Waals surface area contributed by atoms with E-state index in [2.05, 4.69) is 103 Å². The molecule has 39 heavy (non-hydrogen) atoms. The van der Waals surface area contributed by atoms with E-state index in [-0.39, 0.29) is 0 Å². The van der Waals surface area contributed by atoms with Crippen LogP contribution < -0.4 is 0 Å². The summed E-state index contributed by atoms with van der Waals surface area (Å²) in [6.45, 7) is 7.25. The van der Waals surface area contributed by atoms with Crippen molar-refractivity contribution in [3.8, 4) is 22.6 Å². The van der Waals surface area contributed by atoms with E-state index < -0.39 is 0 Å². The van der Waals surface area contributed by atoms with Gasteiger partial charge < -0.3 is 4.52 Å². The number of hydrogen-bond donors (Lipinski definition) is 0. The van der Waals surface area contributed by atoms with Crippen LogP contribution in [0.15, 0.2) is 83.4 Å². The van der Waals surface area contributed by atoms with E-state index in [0.29, 0.717) is 5.89 Å². The molecule has 4 rings (SSSR count). The van der Waals surface area contributed by atoms with Crippen LogP contribution in [-0.2, 0) is 19.5 Å². The summed E-state index contributed by atoms with van der Waals surface area (Å²) in [5.41, 5.74) is 6.10. The Morgan fingerprint density at radius 2 is 1.21 bits per heavy atom. The van der Waals surface area contributed by atoms with Gasteiger partial charge in [-0.3, -0.25) is 4.90 Å². The molecular weight excluding hydrogens is 478 g/mol. The summed E-state index contributed by atoms with van der Waals surface area (Å²) in [7, 11) is 0. The Labute approximate surface area is 235 Å². The molecule has 0 radical (unpaired) electrons. The lowest BCUT2D eigenvalue weighted by Crippen LogP contribution is -2.22. The van der Waals surface area contributed by atoms with Gasteiger partial charge in [-0.2, -0.15) is 4.98 Å². The minimum atomic E-state index is 0.626. The van der Waals surface area contributed by atoms with E-state index in [4.69, 9.17) is 9.51 Å². The molecule has 0 spiro atoms. The van der Waals surface area contributed by atoms with Crippen molar-refractivity contribution >= 4 is 0 Å². The van der Waals surface area contributed by atoms with E-state index in [0.717, 1.165) is 43.9 Å². The standard InChI is InChI=1S/C35H45N3O/c1-3-5-6-7-8-9-10-11-15-24-34-36-35(39-37-34)33-23-17-19-30(26-33)28-38(4-2)27-29-18-16-22-32(25-29)31-20-13-12-14-21-31/h12-14,16-23,25-26H,3-11,15,24,27-28H2,1-2H3. The monoisotopic (exact) mass is 523 g/mol. The molecule has 0 aliphatic heterocycles. The van der Waals surface area contributed by atoms with Crippen molar-refractivity contribution in [2.75, 3.05) is 6.54 Å². The van der Waals surface area contributed by atoms with E-state index in [1.165, 1.54) is 73.6 Å². The molecule has 1 heterocycles. The Morgan fingerprint density at radius 1 is 0.615 bits per heavy atom. The van der Waals surface area contributed by atoms with Gasteiger partial charge in [-0.05, 0) is 53.4 Å². The molecule has 0 atom stereocenters. The second-order valence-electron chi connectivity index (χ2n) is 10.7. The molecule has 4 aromatic rings. The van der Waals surface area contributed by atoms with Crippen LogP contribution in [0.25, 0.3) is 22.6 Å². The molecule has 0 aliphatic rings. The molecule has 0 fully saturated rings. The largest absolute Gasteiger partial charge is 0.334 e. The molecule has 206 valence electrons. The summed E-state index contributed by atoms with van der Waals surface area (Å²) in [5.74, 6) is 1.45. The molecule has 0 bridgehead atoms. The Bertz CT molecular complexity index is 1230. The van der Waals surface area contributed by atoms with Crippen molar-refractivity contribution in [1.82, 2.24) is 15.0 Å². The molecular formula is C35H45N3O. The van der Waals surface area contributed by atoms with E-state index >= 15 is 0 Å². The molecule has 0 saturated carbocycles. The first-order valence-corrected chi connectivity index (χ1v) is 15.0. The average molecular weight is 524 g/mol. The summed E-state index contributed by atoms with van der Waals surface area (Å²) >= 11 is 0. The van der Waals surface area contributed by atoms with Gasteiger partial charge >= 0.3 is 0 Å². The third-order valence-electron chi connectivity index (χ3n) is 7.44. The lowest BCUT2D eigenvalue weighted by atomic mass is 10.0. The van der Waals surface area contributed by atoms with Gasteiger partial charge in [-0.15, -0.1) is 0 Å². The average Bonchev–Trinajstić information content (AvgIpc) is 3.46. The van der Waals surface area contributed by atoms with Crippen LogP contribution in [0.3, 0.4) is 0 Å². The summed E-state index contributed by atoms with van der Waals surface area (Å²) < 4.78 is 5.65. The van der Waals surface area contributed by atoms with Crippen molar-refractivity contribution in [2.45, 2.75) is 91.1 Å². The van der Waals surface area contributed by atoms with Gasteiger partial charge in [0, 0.05) is 25.1 Å². The van der Waals surface area contributed by atoms with Gasteiger partial charge in [0.25, 0.3) is 5.89 Å². The highest BCUT2D eigenvalue weighted by Gasteiger charge is 2.11. The number of aryl methyl sites for hydroxylation is 1. The Morgan fingerprint density at radius 3 is 1.87 bits per heavy atom. The molecule has 4 nitrogen and oxygen atoms in total. The van der Waals surface area contributed by atoms with E-state index in [1.807, 2.05) is 0 Å². The fourth-order valence-corrected chi connectivity index (χ4v) is 5.15. The Kier molecular flexibility index (Phi) is 11.8. The predicted octanol–water partition coefficient (Wildman–Crippen LogP) is 9.50. The quantitative estimate of drug-likeness (QED) is 0.129. The first-order valence-electron chi connectivity index (χ1n) is 15.0. The maximum absolute atomic E-state index is 5.65. The molecule has 1 aromatic heterocycles. The molecule has 0 saturated heterocycles. The van der Waals surface area contributed by atoms with Crippen molar-refractivity contribution < 1.29 is 4.52 Å². The van der Waals surface area contributed by atoms with Crippen molar-refractivity contribution in [3.63, 3.8) is 0 Å². The van der Waals surface area contributed by atoms with Crippen LogP contribution in [-0.4, -0.2) is 21.6 Å². The molecule has 3 aromatic carbocycles. The SMILES string of the molecule is CCCCCCCCCCCc1noc(-c2cccc(CN(CC)Cc3cccc(-c4ccccc4)c3)c2)n1. The Hall–Kier alpha value is -3.24. The highest BCUT2D eigenvalue weighted by Crippen LogP contribution is 2.23. The van der Waals surface area contributed by atoms with Gasteiger partial charge in [0.05, 0.1) is 0 Å². The molecule has 0 N–H and O–H groups in total. The van der Waals surface area contributed by atoms with Gasteiger partial charge in [0.2, 0.25) is 0 Å². The van der Waals surface area contributed by atoms with Crippen LogP contribution in [0.5, 0.6) is 0 Å². The maximum Gasteiger partial charge on any atom is 0.257 e. The molecule has 0 amide bonds. The van der Waals surface area contributed by atoms with Crippen LogP contribution in [0.4, 0.5) is 0 Å². The maximum atomic E-state index is 5.65. The molecule has 4 heteroatoms. The zero-order valence-corrected chi connectivity index (χ0v) is 23.9. The summed E-state index contributed by atoms with van der Waals surface area (Å²) in [6.07, 6.45) is 12.8. The van der Waals surface area contributed by atoms with Gasteiger partial charge in [-0.25, -0.2) is 0 Å². The number of aromatic nitrogens is 2. The molecule has 0 aliphatic carbocycles. The first-order chi connectivity index (χ1) is 19.2.